The molecule has 2 amide bonds. The van der Waals surface area contributed by atoms with Gasteiger partial charge in [0, 0.05) is 36.5 Å². The van der Waals surface area contributed by atoms with Crippen molar-refractivity contribution in [3.63, 3.8) is 0 Å². The Hall–Kier alpha value is -3.73. The van der Waals surface area contributed by atoms with Crippen LogP contribution in [0.3, 0.4) is 0 Å². The van der Waals surface area contributed by atoms with Gasteiger partial charge < -0.3 is 30.0 Å². The first-order valence-electron chi connectivity index (χ1n) is 18.1. The SMILES string of the molecule is CCCN(OCC)C(=O)C1=Cc2sc(CCC3CCN(C(=O)CCOCCOC(CO)C(=O)OC4=C(F)C(F)C(S(=O)(=O)O)C(F)=C4F)CC3)cc2N=C(N)C1. The van der Waals surface area contributed by atoms with Gasteiger partial charge >= 0.3 is 5.97 Å². The maximum atomic E-state index is 14.3. The molecule has 1 aliphatic carbocycles. The highest BCUT2D eigenvalue weighted by Gasteiger charge is 2.48. The average Bonchev–Trinajstić information content (AvgIpc) is 3.45. The third-order valence-electron chi connectivity index (χ3n) is 9.05. The second-order valence-corrected chi connectivity index (χ2v) is 15.8. The van der Waals surface area contributed by atoms with Crippen molar-refractivity contribution in [3.05, 3.63) is 44.6 Å². The van der Waals surface area contributed by atoms with E-state index >= 15 is 0 Å². The molecule has 1 aromatic heterocycles. The molecule has 15 nitrogen and oxygen atoms in total. The van der Waals surface area contributed by atoms with Gasteiger partial charge in [0.15, 0.2) is 29.2 Å². The van der Waals surface area contributed by atoms with Crippen LogP contribution in [0.2, 0.25) is 0 Å². The highest BCUT2D eigenvalue weighted by Crippen LogP contribution is 2.39. The summed E-state index contributed by atoms with van der Waals surface area (Å²) in [6.45, 7) is 4.17. The number of likely N-dealkylation sites (tertiary alicyclic amines) is 1. The maximum Gasteiger partial charge on any atom is 0.343 e. The number of aliphatic imine (C=N–C) groups is 1. The summed E-state index contributed by atoms with van der Waals surface area (Å²) >= 11 is 1.58. The highest BCUT2D eigenvalue weighted by atomic mass is 32.2. The number of nitrogens with zero attached hydrogens (tertiary/aromatic N) is 3. The number of hydroxylamine groups is 2. The van der Waals surface area contributed by atoms with Crippen molar-refractivity contribution in [2.75, 3.05) is 52.7 Å². The summed E-state index contributed by atoms with van der Waals surface area (Å²) in [6, 6.07) is 2.01. The Kier molecular flexibility index (Phi) is 16.6. The number of nitrogens with two attached hydrogens (primary N) is 1. The van der Waals surface area contributed by atoms with E-state index < -0.39 is 63.5 Å². The number of ether oxygens (including phenoxy) is 3. The third-order valence-corrected chi connectivity index (χ3v) is 11.3. The summed E-state index contributed by atoms with van der Waals surface area (Å²) in [5.74, 6) is -10.2. The fraction of sp³-hybridized carbons (Fsp3) is 0.600. The van der Waals surface area contributed by atoms with Gasteiger partial charge in [0.2, 0.25) is 17.5 Å². The topological polar surface area (TPSA) is 208 Å². The summed E-state index contributed by atoms with van der Waals surface area (Å²) in [4.78, 5) is 52.0. The van der Waals surface area contributed by atoms with Crippen molar-refractivity contribution >= 4 is 56.8 Å². The number of hydrogen-bond acceptors (Lipinski definition) is 13. The predicted molar refractivity (Wildman–Crippen MR) is 195 cm³/mol. The van der Waals surface area contributed by atoms with Crippen LogP contribution in [0.4, 0.5) is 23.2 Å². The number of amidine groups is 1. The van der Waals surface area contributed by atoms with Gasteiger partial charge in [-0.25, -0.2) is 28.0 Å². The minimum absolute atomic E-state index is 0.00335. The van der Waals surface area contributed by atoms with Crippen LogP contribution < -0.4 is 5.73 Å². The van der Waals surface area contributed by atoms with Crippen LogP contribution in [0.15, 0.2) is 39.9 Å². The zero-order chi connectivity index (χ0) is 41.2. The molecule has 56 heavy (non-hydrogen) atoms. The Morgan fingerprint density at radius 3 is 2.48 bits per heavy atom. The minimum atomic E-state index is -5.60. The number of fused-ring (bicyclic) bond motifs is 1. The first-order chi connectivity index (χ1) is 26.6. The molecule has 1 fully saturated rings. The Morgan fingerprint density at radius 2 is 1.84 bits per heavy atom. The standard InChI is InChI=1S/C35H46F4N4O11S2/c1-3-10-43(53-4-2)34(46)21-16-25-23(41-26(40)17-21)18-22(55-25)6-5-20-7-11-42(12-8-20)27(45)9-13-51-14-15-52-24(19-44)35(47)54-32-28(36)30(38)33(56(48,49)50)31(39)29(32)37/h16,18,20,24,30,33,44H,3-15,17,19H2,1-2H3,(H2,40,41)(H,48,49,50). The quantitative estimate of drug-likeness (QED) is 0.0591. The van der Waals surface area contributed by atoms with Crippen LogP contribution in [-0.4, -0.2) is 122 Å². The van der Waals surface area contributed by atoms with E-state index in [9.17, 15) is 45.5 Å². The molecule has 0 radical (unpaired) electrons. The van der Waals surface area contributed by atoms with E-state index in [1.54, 1.807) is 16.2 Å². The van der Waals surface area contributed by atoms with Crippen molar-refractivity contribution in [3.8, 4) is 0 Å². The van der Waals surface area contributed by atoms with Crippen molar-refractivity contribution in [1.82, 2.24) is 9.96 Å². The lowest BCUT2D eigenvalue weighted by molar-refractivity contribution is -0.180. The third kappa shape index (κ3) is 11.7. The number of aliphatic hydroxyl groups is 1. The second kappa shape index (κ2) is 20.6. The van der Waals surface area contributed by atoms with Gasteiger partial charge in [-0.15, -0.1) is 11.3 Å². The molecule has 0 saturated carbocycles. The van der Waals surface area contributed by atoms with Crippen molar-refractivity contribution in [2.24, 2.45) is 16.6 Å². The number of aliphatic hydroxyl groups excluding tert-OH is 1. The maximum absolute atomic E-state index is 14.3. The molecule has 0 spiro atoms. The summed E-state index contributed by atoms with van der Waals surface area (Å²) in [5.41, 5.74) is 7.43. The number of carbonyl (C=O) groups excluding carboxylic acids is 3. The number of amides is 2. The Morgan fingerprint density at radius 1 is 1.12 bits per heavy atom. The van der Waals surface area contributed by atoms with Gasteiger partial charge in [-0.1, -0.05) is 6.92 Å². The number of alkyl halides is 1. The van der Waals surface area contributed by atoms with Crippen LogP contribution in [0.25, 0.3) is 6.08 Å². The lowest BCUT2D eigenvalue weighted by Crippen LogP contribution is -2.39. The van der Waals surface area contributed by atoms with Crippen LogP contribution in [-0.2, 0) is 50.0 Å². The van der Waals surface area contributed by atoms with E-state index in [1.165, 1.54) is 5.06 Å². The van der Waals surface area contributed by atoms with Gasteiger partial charge in [-0.2, -0.15) is 12.8 Å². The summed E-state index contributed by atoms with van der Waals surface area (Å²) in [5, 5.41) is 7.59. The molecular weight excluding hydrogens is 793 g/mol. The van der Waals surface area contributed by atoms with Gasteiger partial charge in [-0.05, 0) is 57.1 Å². The average molecular weight is 839 g/mol. The Bertz CT molecular complexity index is 1820. The largest absolute Gasteiger partial charge is 0.418 e. The summed E-state index contributed by atoms with van der Waals surface area (Å²) in [7, 11) is -5.60. The van der Waals surface area contributed by atoms with E-state index in [0.29, 0.717) is 43.6 Å². The van der Waals surface area contributed by atoms with Gasteiger partial charge in [0.1, 0.15) is 5.84 Å². The Balaban J connectivity index is 1.15. The smallest absolute Gasteiger partial charge is 0.343 e. The molecule has 3 unspecified atom stereocenters. The van der Waals surface area contributed by atoms with Crippen LogP contribution >= 0.6 is 11.3 Å². The van der Waals surface area contributed by atoms with Crippen LogP contribution in [0.1, 0.15) is 62.1 Å². The normalized spacial score (nSPS) is 20.0. The van der Waals surface area contributed by atoms with E-state index in [2.05, 4.69) is 9.73 Å². The number of aryl methyl sites for hydroxylation is 1. The van der Waals surface area contributed by atoms with Crippen molar-refractivity contribution in [1.29, 1.82) is 0 Å². The summed E-state index contributed by atoms with van der Waals surface area (Å²) < 4.78 is 103. The van der Waals surface area contributed by atoms with E-state index in [0.717, 1.165) is 47.5 Å². The van der Waals surface area contributed by atoms with Gasteiger partial charge in [-0.3, -0.25) is 19.0 Å². The molecule has 0 aromatic carbocycles. The molecule has 0 bridgehead atoms. The van der Waals surface area contributed by atoms with Crippen molar-refractivity contribution in [2.45, 2.75) is 76.3 Å². The monoisotopic (exact) mass is 838 g/mol. The molecular formula is C35H46F4N4O11S2. The van der Waals surface area contributed by atoms with E-state index in [-0.39, 0.29) is 44.5 Å². The first kappa shape index (κ1) is 45.0. The van der Waals surface area contributed by atoms with E-state index in [1.807, 2.05) is 26.0 Å². The number of hydrogen-bond donors (Lipinski definition) is 3. The zero-order valence-electron chi connectivity index (χ0n) is 30.9. The van der Waals surface area contributed by atoms with Gasteiger partial charge in [0.25, 0.3) is 16.0 Å². The Labute approximate surface area is 325 Å². The number of piperidine rings is 1. The zero-order valence-corrected chi connectivity index (χ0v) is 32.5. The summed E-state index contributed by atoms with van der Waals surface area (Å²) in [6.07, 6.45) is 0.960. The number of carbonyl (C=O) groups is 3. The number of rotatable bonds is 19. The molecule has 1 aromatic rings. The minimum Gasteiger partial charge on any atom is -0.418 e. The lowest BCUT2D eigenvalue weighted by atomic mass is 9.92. The molecule has 21 heteroatoms. The molecule has 312 valence electrons. The molecule has 3 aliphatic rings. The van der Waals surface area contributed by atoms with Crippen LogP contribution in [0, 0.1) is 5.92 Å². The number of halogens is 4. The van der Waals surface area contributed by atoms with Crippen LogP contribution in [0.5, 0.6) is 0 Å². The van der Waals surface area contributed by atoms with E-state index in [4.69, 9.17) is 24.6 Å². The fourth-order valence-corrected chi connectivity index (χ4v) is 8.06. The lowest BCUT2D eigenvalue weighted by Gasteiger charge is -2.32. The highest BCUT2D eigenvalue weighted by molar-refractivity contribution is 7.86. The predicted octanol–water partition coefficient (Wildman–Crippen LogP) is 4.15. The molecule has 3 atom stereocenters. The first-order valence-corrected chi connectivity index (χ1v) is 20.4. The van der Waals surface area contributed by atoms with Crippen molar-refractivity contribution < 1.29 is 69.1 Å². The molecule has 3 heterocycles. The number of esters is 1. The second-order valence-electron chi connectivity index (χ2n) is 13.1. The molecule has 1 saturated heterocycles. The molecule has 4 N–H and O–H groups in total. The molecule has 4 rings (SSSR count). The fourth-order valence-electron chi connectivity index (χ4n) is 6.19. The number of allylic oxidation sites excluding steroid dienone is 2. The van der Waals surface area contributed by atoms with Gasteiger partial charge in [0.05, 0.1) is 50.0 Å². The number of thiophene rings is 1. The molecule has 2 aliphatic heterocycles.